The number of benzene rings is 2. The van der Waals surface area contributed by atoms with Crippen LogP contribution in [0.3, 0.4) is 0 Å². The third-order valence-corrected chi connectivity index (χ3v) is 7.67. The Hall–Kier alpha value is -3.77. The number of rotatable bonds is 6. The predicted octanol–water partition coefficient (Wildman–Crippen LogP) is 3.56. The van der Waals surface area contributed by atoms with Gasteiger partial charge in [0.1, 0.15) is 10.0 Å². The van der Waals surface area contributed by atoms with Gasteiger partial charge in [-0.3, -0.25) is 9.59 Å². The van der Waals surface area contributed by atoms with Crippen molar-refractivity contribution >= 4 is 56.3 Å². The maximum atomic E-state index is 14.9. The lowest BCUT2D eigenvalue weighted by Crippen LogP contribution is -2.43. The molecule has 0 unspecified atom stereocenters. The van der Waals surface area contributed by atoms with Gasteiger partial charge in [0.15, 0.2) is 0 Å². The van der Waals surface area contributed by atoms with E-state index < -0.39 is 33.7 Å². The van der Waals surface area contributed by atoms with Crippen LogP contribution in [0.15, 0.2) is 58.1 Å². The number of carbonyl (C=O) groups excluding carboxylic acids is 3. The highest BCUT2D eigenvalue weighted by Gasteiger charge is 2.34. The summed E-state index contributed by atoms with van der Waals surface area (Å²) in [6, 6.07) is 10.1. The average Bonchev–Trinajstić information content (AvgIpc) is 3.31. The molecule has 0 atom stereocenters. The molecule has 0 saturated heterocycles. The summed E-state index contributed by atoms with van der Waals surface area (Å²) in [7, 11) is -4.06. The Morgan fingerprint density at radius 1 is 1.12 bits per heavy atom. The zero-order valence-electron chi connectivity index (χ0n) is 17.8. The standard InChI is InChI=1S/C22H19FN4O5S2/c1-2-24-14-5-7-16-13(10-14)11-19(28)27(21(16)29)18-8-6-15(12-17(18)23)25-22(30)26-34(31,32)20-4-3-9-33-20/h3-10,12,24H,2,11H2,1H3,(H2,25,26,30). The third-order valence-electron chi connectivity index (χ3n) is 4.94. The molecule has 12 heteroatoms. The molecular formula is C22H19FN4O5S2. The molecule has 3 aromatic rings. The normalized spacial score (nSPS) is 13.4. The van der Waals surface area contributed by atoms with Gasteiger partial charge in [0.25, 0.3) is 15.9 Å². The molecule has 0 fully saturated rings. The number of anilines is 3. The number of carbonyl (C=O) groups is 3. The number of imide groups is 1. The quantitative estimate of drug-likeness (QED) is 0.443. The molecule has 0 saturated carbocycles. The van der Waals surface area contributed by atoms with Crippen LogP contribution in [0.5, 0.6) is 0 Å². The Morgan fingerprint density at radius 2 is 1.88 bits per heavy atom. The van der Waals surface area contributed by atoms with Crippen molar-refractivity contribution in [1.82, 2.24) is 4.72 Å². The zero-order valence-corrected chi connectivity index (χ0v) is 19.4. The largest absolute Gasteiger partial charge is 0.385 e. The summed E-state index contributed by atoms with van der Waals surface area (Å²) in [6.07, 6.45) is -0.0806. The van der Waals surface area contributed by atoms with Gasteiger partial charge in [-0.2, -0.15) is 0 Å². The van der Waals surface area contributed by atoms with Gasteiger partial charge >= 0.3 is 6.03 Å². The molecule has 1 aliphatic rings. The Morgan fingerprint density at radius 3 is 2.56 bits per heavy atom. The van der Waals surface area contributed by atoms with Crippen molar-refractivity contribution in [3.05, 3.63) is 70.9 Å². The molecule has 2 heterocycles. The van der Waals surface area contributed by atoms with Gasteiger partial charge in [-0.1, -0.05) is 6.07 Å². The van der Waals surface area contributed by atoms with Crippen LogP contribution in [0, 0.1) is 5.82 Å². The monoisotopic (exact) mass is 502 g/mol. The number of fused-ring (bicyclic) bond motifs is 1. The smallest absolute Gasteiger partial charge is 0.333 e. The first-order valence-corrected chi connectivity index (χ1v) is 12.5. The van der Waals surface area contributed by atoms with Crippen molar-refractivity contribution in [2.45, 2.75) is 17.6 Å². The molecule has 0 radical (unpaired) electrons. The molecule has 34 heavy (non-hydrogen) atoms. The molecule has 0 aliphatic carbocycles. The maximum absolute atomic E-state index is 14.9. The number of nitrogens with one attached hydrogen (secondary N) is 3. The molecule has 1 aliphatic heterocycles. The van der Waals surface area contributed by atoms with Crippen molar-refractivity contribution in [3.63, 3.8) is 0 Å². The molecule has 2 aromatic carbocycles. The number of hydrogen-bond donors (Lipinski definition) is 3. The van der Waals surface area contributed by atoms with Gasteiger partial charge in [0, 0.05) is 23.5 Å². The minimum atomic E-state index is -4.06. The fraction of sp³-hybridized carbons (Fsp3) is 0.136. The summed E-state index contributed by atoms with van der Waals surface area (Å²) >= 11 is 0.934. The van der Waals surface area contributed by atoms with Crippen LogP contribution >= 0.6 is 11.3 Å². The molecule has 3 N–H and O–H groups in total. The molecule has 0 bridgehead atoms. The number of halogens is 1. The molecule has 1 aromatic heterocycles. The molecule has 4 amide bonds. The second-order valence-electron chi connectivity index (χ2n) is 7.27. The molecule has 176 valence electrons. The van der Waals surface area contributed by atoms with Crippen molar-refractivity contribution in [3.8, 4) is 0 Å². The van der Waals surface area contributed by atoms with Crippen LogP contribution < -0.4 is 20.3 Å². The summed E-state index contributed by atoms with van der Waals surface area (Å²) in [6.45, 7) is 2.60. The maximum Gasteiger partial charge on any atom is 0.333 e. The van der Waals surface area contributed by atoms with Crippen molar-refractivity contribution in [1.29, 1.82) is 0 Å². The van der Waals surface area contributed by atoms with Crippen LogP contribution in [-0.4, -0.2) is 32.8 Å². The summed E-state index contributed by atoms with van der Waals surface area (Å²) in [5.74, 6) is -2.19. The van der Waals surface area contributed by atoms with E-state index in [4.69, 9.17) is 0 Å². The van der Waals surface area contributed by atoms with Crippen molar-refractivity contribution in [2.24, 2.45) is 0 Å². The first kappa shape index (κ1) is 23.4. The van der Waals surface area contributed by atoms with E-state index >= 15 is 0 Å². The minimum absolute atomic E-state index is 0.0517. The van der Waals surface area contributed by atoms with Gasteiger partial charge in [-0.25, -0.2) is 27.2 Å². The van der Waals surface area contributed by atoms with Gasteiger partial charge in [0.2, 0.25) is 5.91 Å². The Balaban J connectivity index is 1.52. The van der Waals surface area contributed by atoms with E-state index in [0.29, 0.717) is 17.7 Å². The van der Waals surface area contributed by atoms with Crippen LogP contribution in [-0.2, 0) is 21.2 Å². The highest BCUT2D eigenvalue weighted by atomic mass is 32.2. The van der Waals surface area contributed by atoms with Crippen LogP contribution in [0.4, 0.5) is 26.2 Å². The summed E-state index contributed by atoms with van der Waals surface area (Å²) < 4.78 is 40.9. The van der Waals surface area contributed by atoms with E-state index in [2.05, 4.69) is 10.6 Å². The highest BCUT2D eigenvalue weighted by Crippen LogP contribution is 2.30. The lowest BCUT2D eigenvalue weighted by molar-refractivity contribution is -0.117. The van der Waals surface area contributed by atoms with E-state index in [1.807, 2.05) is 11.6 Å². The first-order valence-electron chi connectivity index (χ1n) is 10.1. The van der Waals surface area contributed by atoms with E-state index in [0.717, 1.165) is 28.0 Å². The number of urea groups is 1. The van der Waals surface area contributed by atoms with Gasteiger partial charge in [-0.15, -0.1) is 11.3 Å². The number of hydrogen-bond acceptors (Lipinski definition) is 7. The lowest BCUT2D eigenvalue weighted by atomic mass is 9.97. The predicted molar refractivity (Wildman–Crippen MR) is 126 cm³/mol. The first-order chi connectivity index (χ1) is 16.2. The fourth-order valence-electron chi connectivity index (χ4n) is 3.49. The third kappa shape index (κ3) is 4.63. The fourth-order valence-corrected chi connectivity index (χ4v) is 5.39. The van der Waals surface area contributed by atoms with Gasteiger partial charge in [0.05, 0.1) is 12.1 Å². The van der Waals surface area contributed by atoms with Crippen molar-refractivity contribution < 1.29 is 27.2 Å². The average molecular weight is 503 g/mol. The van der Waals surface area contributed by atoms with E-state index in [9.17, 15) is 27.2 Å². The topological polar surface area (TPSA) is 125 Å². The van der Waals surface area contributed by atoms with Crippen LogP contribution in [0.25, 0.3) is 0 Å². The van der Waals surface area contributed by atoms with Crippen molar-refractivity contribution in [2.75, 3.05) is 22.1 Å². The Kier molecular flexibility index (Phi) is 6.35. The summed E-state index contributed by atoms with van der Waals surface area (Å²) in [5, 5.41) is 6.88. The second-order valence-corrected chi connectivity index (χ2v) is 10.1. The summed E-state index contributed by atoms with van der Waals surface area (Å²) in [4.78, 5) is 38.5. The van der Waals surface area contributed by atoms with E-state index in [1.165, 1.54) is 24.3 Å². The number of sulfonamides is 1. The molecule has 9 nitrogen and oxygen atoms in total. The highest BCUT2D eigenvalue weighted by molar-refractivity contribution is 7.92. The second kappa shape index (κ2) is 9.23. The van der Waals surface area contributed by atoms with Gasteiger partial charge < -0.3 is 10.6 Å². The molecule has 0 spiro atoms. The molecule has 4 rings (SSSR count). The summed E-state index contributed by atoms with van der Waals surface area (Å²) in [5.41, 5.74) is 1.28. The number of nitrogens with zero attached hydrogens (tertiary/aromatic N) is 1. The minimum Gasteiger partial charge on any atom is -0.385 e. The lowest BCUT2D eigenvalue weighted by Gasteiger charge is -2.27. The zero-order chi connectivity index (χ0) is 24.5. The molecular weight excluding hydrogens is 483 g/mol. The number of amides is 4. The Bertz CT molecular complexity index is 1390. The van der Waals surface area contributed by atoms with Crippen LogP contribution in [0.2, 0.25) is 0 Å². The number of thiophene rings is 1. The SMILES string of the molecule is CCNc1ccc2c(c1)CC(=O)N(c1ccc(NC(=O)NS(=O)(=O)c3cccs3)cc1F)C2=O. The van der Waals surface area contributed by atoms with E-state index in [1.54, 1.807) is 23.6 Å². The van der Waals surface area contributed by atoms with E-state index in [-0.39, 0.29) is 22.0 Å². The van der Waals surface area contributed by atoms with Crippen LogP contribution in [0.1, 0.15) is 22.8 Å². The Labute approximate surface area is 198 Å². The van der Waals surface area contributed by atoms with Gasteiger partial charge in [-0.05, 0) is 60.3 Å².